The Bertz CT molecular complexity index is 847. The van der Waals surface area contributed by atoms with Gasteiger partial charge in [0.15, 0.2) is 15.7 Å². The molecule has 0 radical (unpaired) electrons. The summed E-state index contributed by atoms with van der Waals surface area (Å²) in [7, 11) is -3.51. The first-order valence-corrected chi connectivity index (χ1v) is 9.70. The second-order valence-electron chi connectivity index (χ2n) is 5.87. The lowest BCUT2D eigenvalue weighted by Gasteiger charge is -2.07. The van der Waals surface area contributed by atoms with Crippen LogP contribution in [0.5, 0.6) is 0 Å². The molecule has 1 amide bonds. The quantitative estimate of drug-likeness (QED) is 0.762. The van der Waals surface area contributed by atoms with Gasteiger partial charge < -0.3 is 11.1 Å². The summed E-state index contributed by atoms with van der Waals surface area (Å²) in [5.74, 6) is 0.465. The molecule has 7 nitrogen and oxygen atoms in total. The Balaban J connectivity index is 1.81. The maximum Gasteiger partial charge on any atom is 0.269 e. The number of carbonyl (C=O) groups is 1. The van der Waals surface area contributed by atoms with Gasteiger partial charge in [0.25, 0.3) is 5.91 Å². The highest BCUT2D eigenvalue weighted by molar-refractivity contribution is 7.92. The van der Waals surface area contributed by atoms with E-state index in [1.165, 1.54) is 5.38 Å². The molecule has 1 fully saturated rings. The molecule has 2 aromatic rings. The number of thiophene rings is 1. The number of hydrogen-bond acceptors (Lipinski definition) is 6. The zero-order valence-corrected chi connectivity index (χ0v) is 14.4. The van der Waals surface area contributed by atoms with E-state index in [9.17, 15) is 13.2 Å². The average molecular weight is 354 g/mol. The van der Waals surface area contributed by atoms with Gasteiger partial charge >= 0.3 is 0 Å². The Morgan fingerprint density at radius 3 is 2.78 bits per heavy atom. The molecule has 0 bridgehead atoms. The molecule has 23 heavy (non-hydrogen) atoms. The minimum Gasteiger partial charge on any atom is -0.396 e. The summed E-state index contributed by atoms with van der Waals surface area (Å²) in [5.41, 5.74) is 6.89. The number of hydrogen-bond donors (Lipinski definition) is 3. The van der Waals surface area contributed by atoms with Crippen LogP contribution in [0.25, 0.3) is 0 Å². The molecule has 124 valence electrons. The van der Waals surface area contributed by atoms with Crippen molar-refractivity contribution in [2.45, 2.75) is 42.8 Å². The fourth-order valence-corrected chi connectivity index (χ4v) is 4.59. The molecular weight excluding hydrogens is 336 g/mol. The van der Waals surface area contributed by atoms with Crippen molar-refractivity contribution in [3.63, 3.8) is 0 Å². The van der Waals surface area contributed by atoms with Crippen molar-refractivity contribution in [3.8, 4) is 0 Å². The summed E-state index contributed by atoms with van der Waals surface area (Å²) < 4.78 is 24.4. The van der Waals surface area contributed by atoms with Gasteiger partial charge in [0, 0.05) is 23.1 Å². The number of aromatic amines is 1. The SMILES string of the molecule is CC(C)S(=O)(=O)c1csc(C(=O)Nc2cc(C3CC3)[nH]n2)c1N. The first kappa shape index (κ1) is 16.0. The number of rotatable bonds is 5. The Hall–Kier alpha value is -1.87. The van der Waals surface area contributed by atoms with Crippen LogP contribution in [0.3, 0.4) is 0 Å². The van der Waals surface area contributed by atoms with Crippen molar-refractivity contribution < 1.29 is 13.2 Å². The van der Waals surface area contributed by atoms with Gasteiger partial charge in [-0.25, -0.2) is 8.42 Å². The minimum atomic E-state index is -3.51. The molecule has 4 N–H and O–H groups in total. The molecule has 0 aromatic carbocycles. The molecule has 2 heterocycles. The third-order valence-corrected chi connectivity index (χ3v) is 7.12. The number of nitrogen functional groups attached to an aromatic ring is 1. The second-order valence-corrected chi connectivity index (χ2v) is 9.23. The maximum atomic E-state index is 12.3. The molecule has 9 heteroatoms. The van der Waals surface area contributed by atoms with Gasteiger partial charge in [0.2, 0.25) is 0 Å². The number of nitrogens with zero attached hydrogens (tertiary/aromatic N) is 1. The highest BCUT2D eigenvalue weighted by atomic mass is 32.2. The van der Waals surface area contributed by atoms with Gasteiger partial charge in [0.1, 0.15) is 9.77 Å². The van der Waals surface area contributed by atoms with E-state index in [1.54, 1.807) is 19.9 Å². The summed E-state index contributed by atoms with van der Waals surface area (Å²) in [6.45, 7) is 3.16. The number of carbonyl (C=O) groups excluding carboxylic acids is 1. The predicted octanol–water partition coefficient (Wildman–Crippen LogP) is 2.37. The van der Waals surface area contributed by atoms with Crippen LogP contribution < -0.4 is 11.1 Å². The van der Waals surface area contributed by atoms with Gasteiger partial charge in [-0.2, -0.15) is 5.10 Å². The van der Waals surface area contributed by atoms with Crippen molar-refractivity contribution >= 4 is 38.6 Å². The molecule has 0 aliphatic heterocycles. The first-order valence-electron chi connectivity index (χ1n) is 7.28. The van der Waals surface area contributed by atoms with Crippen molar-refractivity contribution in [1.82, 2.24) is 10.2 Å². The van der Waals surface area contributed by atoms with Crippen LogP contribution >= 0.6 is 11.3 Å². The summed E-state index contributed by atoms with van der Waals surface area (Å²) in [6.07, 6.45) is 2.26. The lowest BCUT2D eigenvalue weighted by molar-refractivity contribution is 0.103. The van der Waals surface area contributed by atoms with E-state index in [-0.39, 0.29) is 15.5 Å². The topological polar surface area (TPSA) is 118 Å². The summed E-state index contributed by atoms with van der Waals surface area (Å²) in [6, 6.07) is 1.80. The van der Waals surface area contributed by atoms with E-state index in [0.29, 0.717) is 11.7 Å². The number of sulfone groups is 1. The number of anilines is 2. The number of amides is 1. The van der Waals surface area contributed by atoms with Gasteiger partial charge in [-0.1, -0.05) is 0 Å². The van der Waals surface area contributed by atoms with Crippen molar-refractivity contribution in [1.29, 1.82) is 0 Å². The monoisotopic (exact) mass is 354 g/mol. The van der Waals surface area contributed by atoms with Crippen LogP contribution in [0.15, 0.2) is 16.3 Å². The van der Waals surface area contributed by atoms with Crippen LogP contribution in [0.1, 0.15) is 48.0 Å². The minimum absolute atomic E-state index is 0.000785. The van der Waals surface area contributed by atoms with E-state index in [1.807, 2.05) is 0 Å². The van der Waals surface area contributed by atoms with Gasteiger partial charge in [-0.05, 0) is 26.7 Å². The van der Waals surface area contributed by atoms with E-state index < -0.39 is 21.0 Å². The lowest BCUT2D eigenvalue weighted by atomic mass is 10.3. The molecule has 3 rings (SSSR count). The first-order chi connectivity index (χ1) is 10.8. The van der Waals surface area contributed by atoms with Crippen LogP contribution in [-0.4, -0.2) is 29.8 Å². The zero-order chi connectivity index (χ0) is 16.8. The van der Waals surface area contributed by atoms with Crippen molar-refractivity contribution in [2.75, 3.05) is 11.1 Å². The largest absolute Gasteiger partial charge is 0.396 e. The smallest absolute Gasteiger partial charge is 0.269 e. The van der Waals surface area contributed by atoms with E-state index >= 15 is 0 Å². The Morgan fingerprint density at radius 1 is 1.48 bits per heavy atom. The Labute approximate surface area is 138 Å². The Kier molecular flexibility index (Phi) is 3.93. The lowest BCUT2D eigenvalue weighted by Crippen LogP contribution is -2.16. The van der Waals surface area contributed by atoms with Crippen molar-refractivity contribution in [2.24, 2.45) is 0 Å². The van der Waals surface area contributed by atoms with Gasteiger partial charge in [-0.3, -0.25) is 9.89 Å². The number of aromatic nitrogens is 2. The summed E-state index contributed by atoms with van der Waals surface area (Å²) >= 11 is 1.02. The molecule has 1 aliphatic rings. The second kappa shape index (κ2) is 5.64. The van der Waals surface area contributed by atoms with Crippen LogP contribution in [-0.2, 0) is 9.84 Å². The highest BCUT2D eigenvalue weighted by Gasteiger charge is 2.28. The Morgan fingerprint density at radius 2 is 2.17 bits per heavy atom. The van der Waals surface area contributed by atoms with E-state index in [0.717, 1.165) is 29.9 Å². The molecule has 0 atom stereocenters. The third kappa shape index (κ3) is 2.98. The van der Waals surface area contributed by atoms with Crippen molar-refractivity contribution in [3.05, 3.63) is 22.0 Å². The third-order valence-electron chi connectivity index (χ3n) is 3.78. The molecule has 0 saturated heterocycles. The normalized spacial score (nSPS) is 15.1. The number of nitrogens with two attached hydrogens (primary N) is 1. The molecule has 0 spiro atoms. The van der Waals surface area contributed by atoms with Crippen LogP contribution in [0.4, 0.5) is 11.5 Å². The van der Waals surface area contributed by atoms with E-state index in [2.05, 4.69) is 15.5 Å². The summed E-state index contributed by atoms with van der Waals surface area (Å²) in [4.78, 5) is 12.5. The molecule has 1 aliphatic carbocycles. The summed E-state index contributed by atoms with van der Waals surface area (Å²) in [5, 5.41) is 10.4. The maximum absolute atomic E-state index is 12.3. The number of nitrogens with one attached hydrogen (secondary N) is 2. The predicted molar refractivity (Wildman–Crippen MR) is 89.6 cm³/mol. The number of H-pyrrole nitrogens is 1. The fourth-order valence-electron chi connectivity index (χ4n) is 2.18. The van der Waals surface area contributed by atoms with E-state index in [4.69, 9.17) is 5.73 Å². The highest BCUT2D eigenvalue weighted by Crippen LogP contribution is 2.39. The average Bonchev–Trinajstić information content (AvgIpc) is 3.10. The molecule has 0 unspecified atom stereocenters. The fraction of sp³-hybridized carbons (Fsp3) is 0.429. The van der Waals surface area contributed by atoms with Gasteiger partial charge in [-0.15, -0.1) is 11.3 Å². The zero-order valence-electron chi connectivity index (χ0n) is 12.8. The molecule has 2 aromatic heterocycles. The van der Waals surface area contributed by atoms with Crippen LogP contribution in [0, 0.1) is 0 Å². The standard InChI is InChI=1S/C14H18N4O3S2/c1-7(2)23(20,21)10-6-22-13(12(10)15)14(19)16-11-5-9(17-18-11)8-3-4-8/h5-8H,3-4,15H2,1-2H3,(H2,16,17,18,19). The molecular formula is C14H18N4O3S2. The van der Waals surface area contributed by atoms with Crippen LogP contribution in [0.2, 0.25) is 0 Å². The van der Waals surface area contributed by atoms with Gasteiger partial charge in [0.05, 0.1) is 10.9 Å². The molecule has 1 saturated carbocycles.